The van der Waals surface area contributed by atoms with Crippen molar-refractivity contribution in [2.24, 2.45) is 0 Å². The first-order valence-corrected chi connectivity index (χ1v) is 11.4. The van der Waals surface area contributed by atoms with Crippen molar-refractivity contribution in [1.29, 1.82) is 0 Å². The molecule has 3 aromatic rings. The lowest BCUT2D eigenvalue weighted by atomic mass is 10.1. The van der Waals surface area contributed by atoms with Crippen LogP contribution in [0.1, 0.15) is 33.4 Å². The first kappa shape index (κ1) is 22.2. The Labute approximate surface area is 179 Å². The van der Waals surface area contributed by atoms with Crippen molar-refractivity contribution in [2.75, 3.05) is 20.0 Å². The molecular weight excluding hydrogens is 424 g/mol. The molecule has 3 rings (SSSR count). The minimum Gasteiger partial charge on any atom is -0.493 e. The Morgan fingerprint density at radius 2 is 1.74 bits per heavy atom. The molecule has 9 nitrogen and oxygen atoms in total. The number of hydrogen-bond donors (Lipinski definition) is 2. The maximum atomic E-state index is 12.7. The molecule has 1 heterocycles. The van der Waals surface area contributed by atoms with Crippen LogP contribution in [-0.2, 0) is 15.6 Å². The molecule has 2 N–H and O–H groups in total. The van der Waals surface area contributed by atoms with Crippen LogP contribution in [0.5, 0.6) is 11.5 Å². The van der Waals surface area contributed by atoms with Crippen molar-refractivity contribution in [3.63, 3.8) is 0 Å². The number of hydrazine groups is 1. The number of rotatable bonds is 7. The van der Waals surface area contributed by atoms with Gasteiger partial charge >= 0.3 is 5.91 Å². The lowest BCUT2D eigenvalue weighted by Crippen LogP contribution is -2.41. The lowest BCUT2D eigenvalue weighted by molar-refractivity contribution is 0.0831. The zero-order chi connectivity index (χ0) is 22.6. The molecule has 0 saturated heterocycles. The fourth-order valence-electron chi connectivity index (χ4n) is 3.01. The number of hydrogen-bond acceptors (Lipinski definition) is 7. The summed E-state index contributed by atoms with van der Waals surface area (Å²) in [5.74, 6) is -1.09. The summed E-state index contributed by atoms with van der Waals surface area (Å²) >= 11 is 0. The standard InChI is InChI=1S/C21H22N2O7S/c1-4-29-17-10-9-13(11-18(17)28-2)20(24)22-23-21(25)19-15(12-31(3,26)27)14-7-5-6-8-16(14)30-19/h5-11H,4,12H2,1-3H3,(H,22,24)(H,23,25). The van der Waals surface area contributed by atoms with Crippen LogP contribution in [0.15, 0.2) is 46.9 Å². The van der Waals surface area contributed by atoms with Crippen LogP contribution < -0.4 is 20.3 Å². The van der Waals surface area contributed by atoms with E-state index in [-0.39, 0.29) is 22.6 Å². The largest absolute Gasteiger partial charge is 0.493 e. The number of furan rings is 1. The van der Waals surface area contributed by atoms with Gasteiger partial charge in [-0.1, -0.05) is 18.2 Å². The number of fused-ring (bicyclic) bond motifs is 1. The number of carbonyl (C=O) groups is 2. The summed E-state index contributed by atoms with van der Waals surface area (Å²) in [6, 6.07) is 11.3. The Morgan fingerprint density at radius 3 is 2.42 bits per heavy atom. The van der Waals surface area contributed by atoms with Gasteiger partial charge in [0.1, 0.15) is 5.58 Å². The van der Waals surface area contributed by atoms with Crippen LogP contribution in [0.3, 0.4) is 0 Å². The molecule has 0 saturated carbocycles. The summed E-state index contributed by atoms with van der Waals surface area (Å²) in [4.78, 5) is 25.1. The normalized spacial score (nSPS) is 11.2. The zero-order valence-electron chi connectivity index (χ0n) is 17.2. The topological polar surface area (TPSA) is 124 Å². The number of methoxy groups -OCH3 is 1. The fourth-order valence-corrected chi connectivity index (χ4v) is 3.82. The quantitative estimate of drug-likeness (QED) is 0.534. The molecule has 2 amide bonds. The minimum atomic E-state index is -3.44. The molecule has 0 fully saturated rings. The molecule has 10 heteroatoms. The van der Waals surface area contributed by atoms with E-state index >= 15 is 0 Å². The van der Waals surface area contributed by atoms with Gasteiger partial charge in [0, 0.05) is 22.8 Å². The van der Waals surface area contributed by atoms with E-state index in [1.807, 2.05) is 6.92 Å². The third kappa shape index (κ3) is 5.15. The van der Waals surface area contributed by atoms with Crippen molar-refractivity contribution in [3.8, 4) is 11.5 Å². The van der Waals surface area contributed by atoms with Gasteiger partial charge in [0.05, 0.1) is 19.5 Å². The van der Waals surface area contributed by atoms with Gasteiger partial charge in [0.15, 0.2) is 27.1 Å². The second-order valence-electron chi connectivity index (χ2n) is 6.68. The molecular formula is C21H22N2O7S. The second-order valence-corrected chi connectivity index (χ2v) is 8.82. The predicted octanol–water partition coefficient (Wildman–Crippen LogP) is 2.46. The van der Waals surface area contributed by atoms with Gasteiger partial charge in [-0.25, -0.2) is 8.42 Å². The van der Waals surface area contributed by atoms with Crippen LogP contribution in [0.25, 0.3) is 11.0 Å². The number of sulfone groups is 1. The molecule has 1 aromatic heterocycles. The molecule has 0 unspecified atom stereocenters. The summed E-state index contributed by atoms with van der Waals surface area (Å²) in [7, 11) is -1.99. The van der Waals surface area contributed by atoms with E-state index in [2.05, 4.69) is 10.9 Å². The summed E-state index contributed by atoms with van der Waals surface area (Å²) < 4.78 is 39.9. The summed E-state index contributed by atoms with van der Waals surface area (Å²) in [5.41, 5.74) is 5.37. The zero-order valence-corrected chi connectivity index (χ0v) is 18.0. The maximum absolute atomic E-state index is 12.7. The Bertz CT molecular complexity index is 1230. The molecule has 2 aromatic carbocycles. The van der Waals surface area contributed by atoms with Crippen molar-refractivity contribution < 1.29 is 31.9 Å². The Hall–Kier alpha value is -3.53. The van der Waals surface area contributed by atoms with E-state index in [9.17, 15) is 18.0 Å². The molecule has 31 heavy (non-hydrogen) atoms. The summed E-state index contributed by atoms with van der Waals surface area (Å²) in [6.07, 6.45) is 1.07. The number of para-hydroxylation sites is 1. The van der Waals surface area contributed by atoms with Crippen LogP contribution in [0, 0.1) is 0 Å². The summed E-state index contributed by atoms with van der Waals surface area (Å²) in [5, 5.41) is 0.514. The van der Waals surface area contributed by atoms with E-state index in [0.717, 1.165) is 6.26 Å². The Balaban J connectivity index is 1.80. The van der Waals surface area contributed by atoms with Gasteiger partial charge in [0.2, 0.25) is 0 Å². The Kier molecular flexibility index (Phi) is 6.50. The maximum Gasteiger partial charge on any atom is 0.305 e. The van der Waals surface area contributed by atoms with Crippen molar-refractivity contribution in [3.05, 3.63) is 59.4 Å². The molecule has 0 aliphatic heterocycles. The third-order valence-electron chi connectivity index (χ3n) is 4.33. The number of benzene rings is 2. The average molecular weight is 446 g/mol. The van der Waals surface area contributed by atoms with Crippen molar-refractivity contribution in [2.45, 2.75) is 12.7 Å². The number of ether oxygens (including phenoxy) is 2. The van der Waals surface area contributed by atoms with Gasteiger partial charge in [-0.2, -0.15) is 0 Å². The molecule has 0 radical (unpaired) electrons. The number of carbonyl (C=O) groups excluding carboxylic acids is 2. The van der Waals surface area contributed by atoms with E-state index in [0.29, 0.717) is 29.1 Å². The third-order valence-corrected chi connectivity index (χ3v) is 5.14. The second kappa shape index (κ2) is 9.09. The van der Waals surface area contributed by atoms with E-state index < -0.39 is 21.7 Å². The van der Waals surface area contributed by atoms with Crippen molar-refractivity contribution in [1.82, 2.24) is 10.9 Å². The molecule has 0 atom stereocenters. The monoisotopic (exact) mass is 446 g/mol. The van der Waals surface area contributed by atoms with Gasteiger partial charge in [-0.15, -0.1) is 0 Å². The SMILES string of the molecule is CCOc1ccc(C(=O)NNC(=O)c2oc3ccccc3c2CS(C)(=O)=O)cc1OC. The molecule has 164 valence electrons. The molecule has 0 spiro atoms. The number of amides is 2. The highest BCUT2D eigenvalue weighted by molar-refractivity contribution is 7.89. The van der Waals surface area contributed by atoms with E-state index in [4.69, 9.17) is 13.9 Å². The van der Waals surface area contributed by atoms with Gasteiger partial charge in [-0.05, 0) is 31.2 Å². The highest BCUT2D eigenvalue weighted by atomic mass is 32.2. The van der Waals surface area contributed by atoms with Crippen LogP contribution in [0.2, 0.25) is 0 Å². The Morgan fingerprint density at radius 1 is 1.03 bits per heavy atom. The lowest BCUT2D eigenvalue weighted by Gasteiger charge is -2.11. The fraction of sp³-hybridized carbons (Fsp3) is 0.238. The van der Waals surface area contributed by atoms with E-state index in [1.165, 1.54) is 19.2 Å². The first-order chi connectivity index (χ1) is 14.7. The smallest absolute Gasteiger partial charge is 0.305 e. The van der Waals surface area contributed by atoms with Gasteiger partial charge < -0.3 is 13.9 Å². The van der Waals surface area contributed by atoms with Gasteiger partial charge in [-0.3, -0.25) is 20.4 Å². The summed E-state index contributed by atoms with van der Waals surface area (Å²) in [6.45, 7) is 2.26. The molecule has 0 aliphatic carbocycles. The van der Waals surface area contributed by atoms with E-state index in [1.54, 1.807) is 30.3 Å². The van der Waals surface area contributed by atoms with Crippen molar-refractivity contribution >= 4 is 32.6 Å². The van der Waals surface area contributed by atoms with Crippen LogP contribution >= 0.6 is 0 Å². The number of nitrogens with one attached hydrogen (secondary N) is 2. The minimum absolute atomic E-state index is 0.184. The molecule has 0 aliphatic rings. The molecule has 0 bridgehead atoms. The predicted molar refractivity (Wildman–Crippen MR) is 114 cm³/mol. The van der Waals surface area contributed by atoms with Crippen LogP contribution in [-0.4, -0.2) is 40.2 Å². The highest BCUT2D eigenvalue weighted by Crippen LogP contribution is 2.29. The van der Waals surface area contributed by atoms with Gasteiger partial charge in [0.25, 0.3) is 5.91 Å². The highest BCUT2D eigenvalue weighted by Gasteiger charge is 2.24. The average Bonchev–Trinajstić information content (AvgIpc) is 3.09. The first-order valence-electron chi connectivity index (χ1n) is 9.33. The van der Waals surface area contributed by atoms with Crippen LogP contribution in [0.4, 0.5) is 0 Å².